The molecular weight excluding hydrogens is 530 g/mol. The van der Waals surface area contributed by atoms with Gasteiger partial charge in [0.2, 0.25) is 5.91 Å². The van der Waals surface area contributed by atoms with Gasteiger partial charge in [0.25, 0.3) is 0 Å². The molecule has 10 nitrogen and oxygen atoms in total. The van der Waals surface area contributed by atoms with Gasteiger partial charge in [-0.3, -0.25) is 9.36 Å². The van der Waals surface area contributed by atoms with Crippen LogP contribution >= 0.6 is 11.6 Å². The number of likely N-dealkylation sites (tertiary alicyclic amines) is 1. The van der Waals surface area contributed by atoms with Crippen LogP contribution in [-0.4, -0.2) is 72.3 Å². The Bertz CT molecular complexity index is 1790. The number of imidazole rings is 1. The Balaban J connectivity index is 1.16. The minimum Gasteiger partial charge on any atom is -0.389 e. The topological polar surface area (TPSA) is 112 Å². The van der Waals surface area contributed by atoms with E-state index < -0.39 is 0 Å². The number of carbonyl (C=O) groups is 1. The standard InChI is InChI=1S/C29H28ClN7O3/c30-22-6-2-1-5-20(22)21-15-36(28-26(21)27(31-17-32-28)35-13-19(38)14-35)16-25(39)34-11-9-18(10-12-34)37-24-8-4-3-7-23(24)33-29(37)40/h1-8,15,17-19,38H,9-14,16H2,(H,33,40). The first-order valence-electron chi connectivity index (χ1n) is 13.5. The maximum atomic E-state index is 13.5. The van der Waals surface area contributed by atoms with Gasteiger partial charge in [-0.05, 0) is 31.0 Å². The van der Waals surface area contributed by atoms with Crippen LogP contribution in [0.25, 0.3) is 33.2 Å². The first-order valence-corrected chi connectivity index (χ1v) is 13.8. The Morgan fingerprint density at radius 2 is 1.77 bits per heavy atom. The number of aliphatic hydroxyl groups excluding tert-OH is 1. The van der Waals surface area contributed by atoms with Crippen LogP contribution in [-0.2, 0) is 11.3 Å². The lowest BCUT2D eigenvalue weighted by molar-refractivity contribution is -0.133. The lowest BCUT2D eigenvalue weighted by Gasteiger charge is -2.37. The molecule has 3 aromatic heterocycles. The molecule has 5 heterocycles. The Hall–Kier alpha value is -4.15. The van der Waals surface area contributed by atoms with Crippen molar-refractivity contribution >= 4 is 45.4 Å². The first-order chi connectivity index (χ1) is 19.5. The Labute approximate surface area is 234 Å². The molecular formula is C29H28ClN7O3. The zero-order chi connectivity index (χ0) is 27.4. The summed E-state index contributed by atoms with van der Waals surface area (Å²) in [7, 11) is 0. The number of benzene rings is 2. The third kappa shape index (κ3) is 4.15. The number of aromatic amines is 1. The fourth-order valence-electron chi connectivity index (χ4n) is 6.04. The highest BCUT2D eigenvalue weighted by molar-refractivity contribution is 6.33. The van der Waals surface area contributed by atoms with Gasteiger partial charge in [-0.2, -0.15) is 0 Å². The van der Waals surface area contributed by atoms with Crippen molar-refractivity contribution in [3.63, 3.8) is 0 Å². The Morgan fingerprint density at radius 3 is 2.55 bits per heavy atom. The maximum absolute atomic E-state index is 13.5. The molecule has 5 aromatic rings. The van der Waals surface area contributed by atoms with Crippen molar-refractivity contribution < 1.29 is 9.90 Å². The number of halogens is 1. The normalized spacial score (nSPS) is 16.6. The predicted molar refractivity (Wildman–Crippen MR) is 154 cm³/mol. The molecule has 0 radical (unpaired) electrons. The van der Waals surface area contributed by atoms with Gasteiger partial charge in [-0.1, -0.05) is 41.9 Å². The van der Waals surface area contributed by atoms with E-state index in [1.54, 1.807) is 0 Å². The molecule has 2 aliphatic heterocycles. The highest BCUT2D eigenvalue weighted by Gasteiger charge is 2.31. The largest absolute Gasteiger partial charge is 0.389 e. The van der Waals surface area contributed by atoms with E-state index in [-0.39, 0.29) is 30.3 Å². The van der Waals surface area contributed by atoms with Gasteiger partial charge in [0.15, 0.2) is 0 Å². The number of anilines is 1. The van der Waals surface area contributed by atoms with Crippen molar-refractivity contribution in [1.29, 1.82) is 0 Å². The van der Waals surface area contributed by atoms with Gasteiger partial charge < -0.3 is 24.5 Å². The highest BCUT2D eigenvalue weighted by Crippen LogP contribution is 2.39. The van der Waals surface area contributed by atoms with E-state index in [0.717, 1.165) is 33.4 Å². The van der Waals surface area contributed by atoms with E-state index >= 15 is 0 Å². The molecule has 2 N–H and O–H groups in total. The van der Waals surface area contributed by atoms with Gasteiger partial charge >= 0.3 is 5.69 Å². The minimum atomic E-state index is -0.388. The molecule has 0 aliphatic carbocycles. The van der Waals surface area contributed by atoms with Crippen molar-refractivity contribution in [3.05, 3.63) is 76.6 Å². The molecule has 0 unspecified atom stereocenters. The van der Waals surface area contributed by atoms with Crippen LogP contribution in [0.15, 0.2) is 65.8 Å². The summed E-state index contributed by atoms with van der Waals surface area (Å²) >= 11 is 6.60. The average molecular weight is 558 g/mol. The first kappa shape index (κ1) is 24.9. The summed E-state index contributed by atoms with van der Waals surface area (Å²) < 4.78 is 3.70. The quantitative estimate of drug-likeness (QED) is 0.342. The van der Waals surface area contributed by atoms with Crippen LogP contribution in [0.2, 0.25) is 5.02 Å². The summed E-state index contributed by atoms with van der Waals surface area (Å²) in [5.41, 5.74) is 3.95. The number of hydrogen-bond donors (Lipinski definition) is 2. The van der Waals surface area contributed by atoms with E-state index in [9.17, 15) is 14.7 Å². The molecule has 2 aromatic carbocycles. The van der Waals surface area contributed by atoms with Crippen molar-refractivity contribution in [2.45, 2.75) is 31.5 Å². The van der Waals surface area contributed by atoms with Crippen molar-refractivity contribution in [2.75, 3.05) is 31.1 Å². The second-order valence-electron chi connectivity index (χ2n) is 10.5. The Kier molecular flexibility index (Phi) is 6.09. The van der Waals surface area contributed by atoms with Crippen molar-refractivity contribution in [2.24, 2.45) is 0 Å². The number of amides is 1. The summed E-state index contributed by atoms with van der Waals surface area (Å²) in [5.74, 6) is 0.716. The van der Waals surface area contributed by atoms with E-state index in [0.29, 0.717) is 49.7 Å². The molecule has 0 bridgehead atoms. The van der Waals surface area contributed by atoms with Crippen LogP contribution in [0.1, 0.15) is 18.9 Å². The number of carbonyl (C=O) groups excluding carboxylic acids is 1. The second-order valence-corrected chi connectivity index (χ2v) is 10.9. The number of rotatable bonds is 5. The smallest absolute Gasteiger partial charge is 0.326 e. The SMILES string of the molecule is O=C(Cn1cc(-c2ccccc2Cl)c2c(N3CC(O)C3)ncnc21)N1CCC(n2c(=O)[nH]c3ccccc32)CC1. The zero-order valence-corrected chi connectivity index (χ0v) is 22.5. The summed E-state index contributed by atoms with van der Waals surface area (Å²) in [6.07, 6.45) is 4.45. The molecule has 0 saturated carbocycles. The summed E-state index contributed by atoms with van der Waals surface area (Å²) in [5, 5.41) is 11.3. The number of aliphatic hydroxyl groups is 1. The summed E-state index contributed by atoms with van der Waals surface area (Å²) in [4.78, 5) is 42.1. The van der Waals surface area contributed by atoms with Gasteiger partial charge in [-0.25, -0.2) is 14.8 Å². The molecule has 1 amide bonds. The van der Waals surface area contributed by atoms with Gasteiger partial charge in [0.05, 0.1) is 22.5 Å². The highest BCUT2D eigenvalue weighted by atomic mass is 35.5. The zero-order valence-electron chi connectivity index (χ0n) is 21.7. The van der Waals surface area contributed by atoms with E-state index in [4.69, 9.17) is 11.6 Å². The fraction of sp³-hybridized carbons (Fsp3) is 0.310. The lowest BCUT2D eigenvalue weighted by Crippen LogP contribution is -2.51. The molecule has 2 saturated heterocycles. The minimum absolute atomic E-state index is 0.00753. The molecule has 204 valence electrons. The summed E-state index contributed by atoms with van der Waals surface area (Å²) in [6, 6.07) is 15.3. The van der Waals surface area contributed by atoms with Crippen LogP contribution in [0, 0.1) is 0 Å². The number of H-pyrrole nitrogens is 1. The lowest BCUT2D eigenvalue weighted by atomic mass is 10.0. The molecule has 2 aliphatic rings. The Morgan fingerprint density at radius 1 is 1.02 bits per heavy atom. The van der Waals surface area contributed by atoms with Gasteiger partial charge in [-0.15, -0.1) is 0 Å². The number of nitrogens with one attached hydrogen (secondary N) is 1. The third-order valence-electron chi connectivity index (χ3n) is 8.07. The average Bonchev–Trinajstić information content (AvgIpc) is 3.48. The maximum Gasteiger partial charge on any atom is 0.326 e. The van der Waals surface area contributed by atoms with E-state index in [1.165, 1.54) is 6.33 Å². The number of β-amino-alcohol motifs (C(OH)–C–C–N with tert-alkyl or cyclic N) is 1. The number of fused-ring (bicyclic) bond motifs is 2. The number of piperidine rings is 1. The monoisotopic (exact) mass is 557 g/mol. The number of nitrogens with zero attached hydrogens (tertiary/aromatic N) is 6. The van der Waals surface area contributed by atoms with Gasteiger partial charge in [0, 0.05) is 54.6 Å². The molecule has 11 heteroatoms. The van der Waals surface area contributed by atoms with Gasteiger partial charge in [0.1, 0.15) is 24.3 Å². The van der Waals surface area contributed by atoms with Crippen LogP contribution in [0.5, 0.6) is 0 Å². The number of para-hydroxylation sites is 2. The third-order valence-corrected chi connectivity index (χ3v) is 8.40. The van der Waals surface area contributed by atoms with Crippen LogP contribution in [0.3, 0.4) is 0 Å². The molecule has 40 heavy (non-hydrogen) atoms. The fourth-order valence-corrected chi connectivity index (χ4v) is 6.27. The molecule has 0 atom stereocenters. The van der Waals surface area contributed by atoms with Crippen LogP contribution < -0.4 is 10.6 Å². The predicted octanol–water partition coefficient (Wildman–Crippen LogP) is 3.44. The van der Waals surface area contributed by atoms with Crippen molar-refractivity contribution in [3.8, 4) is 11.1 Å². The van der Waals surface area contributed by atoms with Crippen molar-refractivity contribution in [1.82, 2.24) is 29.0 Å². The van der Waals surface area contributed by atoms with Crippen LogP contribution in [0.4, 0.5) is 5.82 Å². The molecule has 0 spiro atoms. The molecule has 7 rings (SSSR count). The summed E-state index contributed by atoms with van der Waals surface area (Å²) in [6.45, 7) is 2.24. The van der Waals surface area contributed by atoms with E-state index in [1.807, 2.05) is 73.7 Å². The molecule has 2 fully saturated rings. The van der Waals surface area contributed by atoms with E-state index in [2.05, 4.69) is 15.0 Å². The second kappa shape index (κ2) is 9.79. The number of aromatic nitrogens is 5. The number of hydrogen-bond acceptors (Lipinski definition) is 6.